The molecule has 0 radical (unpaired) electrons. The zero-order valence-electron chi connectivity index (χ0n) is 21.6. The average Bonchev–Trinajstić information content (AvgIpc) is 3.34. The highest BCUT2D eigenvalue weighted by Crippen LogP contribution is 2.25. The average molecular weight is 524 g/mol. The van der Waals surface area contributed by atoms with Crippen LogP contribution in [0.1, 0.15) is 67.6 Å². The topological polar surface area (TPSA) is 45.6 Å². The molecule has 4 rings (SSSR count). The molecule has 0 N–H and O–H groups in total. The van der Waals surface area contributed by atoms with E-state index in [0.717, 1.165) is 36.9 Å². The summed E-state index contributed by atoms with van der Waals surface area (Å²) >= 11 is 6.00. The Kier molecular flexibility index (Phi) is 9.04. The molecule has 1 fully saturated rings. The fourth-order valence-corrected chi connectivity index (χ4v) is 5.13. The Morgan fingerprint density at radius 2 is 1.68 bits per heavy atom. The maximum atomic E-state index is 13.8. The van der Waals surface area contributed by atoms with Crippen LogP contribution < -0.4 is 0 Å². The number of rotatable bonds is 9. The lowest BCUT2D eigenvalue weighted by atomic mass is 9.94. The monoisotopic (exact) mass is 523 g/mol. The van der Waals surface area contributed by atoms with Crippen LogP contribution in [0.2, 0.25) is 5.02 Å². The summed E-state index contributed by atoms with van der Waals surface area (Å²) in [4.78, 5) is 30.8. The summed E-state index contributed by atoms with van der Waals surface area (Å²) in [5.74, 6) is -0.478. The van der Waals surface area contributed by atoms with Crippen molar-refractivity contribution >= 4 is 23.4 Å². The van der Waals surface area contributed by atoms with Crippen molar-refractivity contribution in [2.24, 2.45) is 0 Å². The normalized spacial score (nSPS) is 14.1. The minimum Gasteiger partial charge on any atom is -0.345 e. The summed E-state index contributed by atoms with van der Waals surface area (Å²) in [6.45, 7) is 4.95. The molecule has 0 aliphatic heterocycles. The van der Waals surface area contributed by atoms with E-state index in [4.69, 9.17) is 11.6 Å². The van der Waals surface area contributed by atoms with Crippen molar-refractivity contribution in [3.8, 4) is 0 Å². The molecule has 1 aromatic heterocycles. The van der Waals surface area contributed by atoms with Crippen molar-refractivity contribution in [1.29, 1.82) is 0 Å². The Bertz CT molecular complexity index is 1180. The molecule has 3 aromatic rings. The minimum atomic E-state index is -0.256. The van der Waals surface area contributed by atoms with Crippen LogP contribution >= 0.6 is 11.6 Å². The van der Waals surface area contributed by atoms with Gasteiger partial charge in [0.05, 0.1) is 6.54 Å². The van der Waals surface area contributed by atoms with Crippen LogP contribution in [-0.2, 0) is 17.9 Å². The summed E-state index contributed by atoms with van der Waals surface area (Å²) in [5, 5.41) is 0.566. The van der Waals surface area contributed by atoms with Crippen molar-refractivity contribution in [3.63, 3.8) is 0 Å². The summed E-state index contributed by atoms with van der Waals surface area (Å²) in [7, 11) is 0. The summed E-state index contributed by atoms with van der Waals surface area (Å²) in [5.41, 5.74) is 2.53. The van der Waals surface area contributed by atoms with Gasteiger partial charge in [0.15, 0.2) is 0 Å². The van der Waals surface area contributed by atoms with E-state index >= 15 is 0 Å². The third-order valence-electron chi connectivity index (χ3n) is 7.14. The van der Waals surface area contributed by atoms with Gasteiger partial charge in [0.25, 0.3) is 5.91 Å². The van der Waals surface area contributed by atoms with E-state index < -0.39 is 0 Å². The molecule has 2 amide bonds. The number of hydrogen-bond donors (Lipinski definition) is 0. The molecule has 0 bridgehead atoms. The standard InChI is InChI=1S/C30H35ClFN3O2/c1-22(2)34(30(37)24-12-14-25(31)15-13-24)21-29(36)35(27-7-4-3-5-8-27)20-28-9-6-18-33(28)19-23-10-16-26(32)17-11-23/h6,9-18,22,27H,3-5,7-8,19-21H2,1-2H3. The van der Waals surface area contributed by atoms with Crippen LogP contribution in [0.3, 0.4) is 0 Å². The van der Waals surface area contributed by atoms with Gasteiger partial charge in [0.1, 0.15) is 12.4 Å². The van der Waals surface area contributed by atoms with E-state index in [1.165, 1.54) is 18.6 Å². The van der Waals surface area contributed by atoms with E-state index in [0.29, 0.717) is 23.7 Å². The van der Waals surface area contributed by atoms with Gasteiger partial charge < -0.3 is 14.4 Å². The lowest BCUT2D eigenvalue weighted by Gasteiger charge is -2.37. The number of carbonyl (C=O) groups is 2. The van der Waals surface area contributed by atoms with Gasteiger partial charge in [0, 0.05) is 41.1 Å². The summed E-state index contributed by atoms with van der Waals surface area (Å²) < 4.78 is 15.5. The number of aromatic nitrogens is 1. The first-order valence-electron chi connectivity index (χ1n) is 13.1. The molecule has 0 atom stereocenters. The van der Waals surface area contributed by atoms with Gasteiger partial charge in [-0.2, -0.15) is 0 Å². The quantitative estimate of drug-likeness (QED) is 0.319. The smallest absolute Gasteiger partial charge is 0.254 e. The third-order valence-corrected chi connectivity index (χ3v) is 7.39. The van der Waals surface area contributed by atoms with Gasteiger partial charge in [-0.1, -0.05) is 43.0 Å². The molecule has 1 saturated carbocycles. The number of hydrogen-bond acceptors (Lipinski definition) is 2. The summed E-state index contributed by atoms with van der Waals surface area (Å²) in [6.07, 6.45) is 7.32. The second kappa shape index (κ2) is 12.4. The fraction of sp³-hybridized carbons (Fsp3) is 0.400. The number of benzene rings is 2. The zero-order valence-corrected chi connectivity index (χ0v) is 22.3. The maximum Gasteiger partial charge on any atom is 0.254 e. The van der Waals surface area contributed by atoms with Gasteiger partial charge in [0.2, 0.25) is 5.91 Å². The number of carbonyl (C=O) groups excluding carboxylic acids is 2. The molecule has 37 heavy (non-hydrogen) atoms. The Labute approximate surface area is 223 Å². The largest absolute Gasteiger partial charge is 0.345 e. The predicted octanol–water partition coefficient (Wildman–Crippen LogP) is 6.54. The van der Waals surface area contributed by atoms with Crippen LogP contribution in [0.5, 0.6) is 0 Å². The molecule has 0 spiro atoms. The molecule has 1 aliphatic carbocycles. The highest BCUT2D eigenvalue weighted by atomic mass is 35.5. The van der Waals surface area contributed by atoms with Crippen molar-refractivity contribution in [2.45, 2.75) is 71.1 Å². The lowest BCUT2D eigenvalue weighted by Crippen LogP contribution is -2.49. The lowest BCUT2D eigenvalue weighted by molar-refractivity contribution is -0.136. The fourth-order valence-electron chi connectivity index (χ4n) is 5.01. The first-order valence-corrected chi connectivity index (χ1v) is 13.4. The van der Waals surface area contributed by atoms with E-state index in [1.807, 2.05) is 37.1 Å². The molecular formula is C30H35ClFN3O2. The van der Waals surface area contributed by atoms with Crippen molar-refractivity contribution < 1.29 is 14.0 Å². The molecule has 5 nitrogen and oxygen atoms in total. The Morgan fingerprint density at radius 1 is 1.00 bits per heavy atom. The molecular weight excluding hydrogens is 489 g/mol. The number of amides is 2. The van der Waals surface area contributed by atoms with Gasteiger partial charge in [-0.3, -0.25) is 9.59 Å². The predicted molar refractivity (Wildman–Crippen MR) is 145 cm³/mol. The molecule has 7 heteroatoms. The van der Waals surface area contributed by atoms with Crippen LogP contribution in [0, 0.1) is 5.82 Å². The Balaban J connectivity index is 1.54. The molecule has 0 unspecified atom stereocenters. The Hall–Kier alpha value is -3.12. The van der Waals surface area contributed by atoms with E-state index in [2.05, 4.69) is 4.57 Å². The van der Waals surface area contributed by atoms with Gasteiger partial charge >= 0.3 is 0 Å². The van der Waals surface area contributed by atoms with Crippen LogP contribution in [-0.4, -0.2) is 44.8 Å². The third kappa shape index (κ3) is 7.01. The molecule has 2 aromatic carbocycles. The van der Waals surface area contributed by atoms with Crippen LogP contribution in [0.25, 0.3) is 0 Å². The van der Waals surface area contributed by atoms with Gasteiger partial charge in [-0.25, -0.2) is 4.39 Å². The summed E-state index contributed by atoms with van der Waals surface area (Å²) in [6, 6.07) is 17.3. The zero-order chi connectivity index (χ0) is 26.4. The van der Waals surface area contributed by atoms with Crippen molar-refractivity contribution in [2.75, 3.05) is 6.54 Å². The van der Waals surface area contributed by atoms with Crippen LogP contribution in [0.4, 0.5) is 4.39 Å². The highest BCUT2D eigenvalue weighted by Gasteiger charge is 2.30. The number of nitrogens with zero attached hydrogens (tertiary/aromatic N) is 3. The van der Waals surface area contributed by atoms with Crippen molar-refractivity contribution in [3.05, 3.63) is 94.5 Å². The first-order chi connectivity index (χ1) is 17.8. The maximum absolute atomic E-state index is 13.8. The highest BCUT2D eigenvalue weighted by molar-refractivity contribution is 6.30. The van der Waals surface area contributed by atoms with Gasteiger partial charge in [-0.15, -0.1) is 0 Å². The number of halogens is 2. The SMILES string of the molecule is CC(C)N(CC(=O)N(Cc1cccn1Cc1ccc(F)cc1)C1CCCCC1)C(=O)c1ccc(Cl)cc1. The van der Waals surface area contributed by atoms with Gasteiger partial charge in [-0.05, 0) is 80.8 Å². The molecule has 196 valence electrons. The molecule has 1 heterocycles. The van der Waals surface area contributed by atoms with E-state index in [1.54, 1.807) is 41.3 Å². The second-order valence-electron chi connectivity index (χ2n) is 10.1. The van der Waals surface area contributed by atoms with E-state index in [9.17, 15) is 14.0 Å². The Morgan fingerprint density at radius 3 is 2.32 bits per heavy atom. The minimum absolute atomic E-state index is 0.0221. The van der Waals surface area contributed by atoms with Crippen LogP contribution in [0.15, 0.2) is 66.9 Å². The van der Waals surface area contributed by atoms with Crippen molar-refractivity contribution in [1.82, 2.24) is 14.4 Å². The molecule has 0 saturated heterocycles. The second-order valence-corrected chi connectivity index (χ2v) is 10.5. The first kappa shape index (κ1) is 26.9. The molecule has 1 aliphatic rings. The van der Waals surface area contributed by atoms with E-state index in [-0.39, 0.29) is 36.3 Å².